The van der Waals surface area contributed by atoms with Gasteiger partial charge in [0.25, 0.3) is 0 Å². The molecule has 2 atom stereocenters. The van der Waals surface area contributed by atoms with Crippen LogP contribution in [-0.2, 0) is 16.1 Å². The number of nitrogens with one attached hydrogen (secondary N) is 1. The van der Waals surface area contributed by atoms with Crippen LogP contribution in [0.2, 0.25) is 0 Å². The number of hydrogen-bond donors (Lipinski definition) is 2. The van der Waals surface area contributed by atoms with Crippen molar-refractivity contribution in [2.75, 3.05) is 54.7 Å². The number of morpholine rings is 1. The first-order valence-electron chi connectivity index (χ1n) is 12.9. The van der Waals surface area contributed by atoms with Crippen LogP contribution in [-0.4, -0.2) is 64.8 Å². The van der Waals surface area contributed by atoms with Gasteiger partial charge < -0.3 is 24.7 Å². The van der Waals surface area contributed by atoms with E-state index in [0.717, 1.165) is 0 Å². The van der Waals surface area contributed by atoms with Gasteiger partial charge in [-0.25, -0.2) is 24.1 Å². The molecule has 0 radical (unpaired) electrons. The summed E-state index contributed by atoms with van der Waals surface area (Å²) in [5, 5.41) is 0.680. The number of alkyl halides is 1. The number of methoxy groups -OCH3 is 1. The average Bonchev–Trinajstić information content (AvgIpc) is 2.97. The number of nitrogens with zero attached hydrogens (tertiary/aromatic N) is 4. The highest BCUT2D eigenvalue weighted by molar-refractivity contribution is 7.92. The molecule has 9 nitrogen and oxygen atoms in total. The molecule has 40 heavy (non-hydrogen) atoms. The Morgan fingerprint density at radius 1 is 1.23 bits per heavy atom. The van der Waals surface area contributed by atoms with Crippen molar-refractivity contribution in [2.45, 2.75) is 19.4 Å². The number of benzene rings is 2. The molecule has 0 spiro atoms. The number of ether oxygens (including phenoxy) is 2. The maximum absolute atomic E-state index is 15.7. The van der Waals surface area contributed by atoms with Gasteiger partial charge in [-0.05, 0) is 42.8 Å². The van der Waals surface area contributed by atoms with E-state index in [1.165, 1.54) is 13.2 Å². The highest BCUT2D eigenvalue weighted by Crippen LogP contribution is 2.39. The van der Waals surface area contributed by atoms with Gasteiger partial charge in [0.15, 0.2) is 11.6 Å². The van der Waals surface area contributed by atoms with Crippen molar-refractivity contribution in [3.8, 4) is 28.3 Å². The van der Waals surface area contributed by atoms with E-state index in [4.69, 9.17) is 25.2 Å². The molecule has 3 N–H and O–H groups in total. The van der Waals surface area contributed by atoms with E-state index < -0.39 is 23.9 Å². The molecule has 0 saturated carbocycles. The summed E-state index contributed by atoms with van der Waals surface area (Å²) in [6.45, 7) is 3.14. The molecule has 1 saturated heterocycles. The minimum absolute atomic E-state index is 0.0301. The van der Waals surface area contributed by atoms with Crippen molar-refractivity contribution < 1.29 is 22.8 Å². The second-order valence-corrected chi connectivity index (χ2v) is 10.7. The first kappa shape index (κ1) is 27.8. The van der Waals surface area contributed by atoms with Crippen LogP contribution in [0.5, 0.6) is 5.75 Å². The Morgan fingerprint density at radius 2 is 2.08 bits per heavy atom. The molecular formula is C28H30F2N6O3S. The number of halogens is 2. The molecular weight excluding hydrogens is 538 g/mol. The van der Waals surface area contributed by atoms with E-state index in [-0.39, 0.29) is 29.5 Å². The molecule has 2 unspecified atom stereocenters. The Balaban J connectivity index is 1.67. The largest absolute Gasteiger partial charge is 0.593 e. The van der Waals surface area contributed by atoms with Crippen molar-refractivity contribution in [3.63, 3.8) is 0 Å². The number of aromatic nitrogens is 3. The van der Waals surface area contributed by atoms with Gasteiger partial charge in [0, 0.05) is 35.7 Å². The summed E-state index contributed by atoms with van der Waals surface area (Å²) in [7, 11) is 1.53. The van der Waals surface area contributed by atoms with Gasteiger partial charge in [-0.1, -0.05) is 12.1 Å². The van der Waals surface area contributed by atoms with Crippen LogP contribution in [0.15, 0.2) is 48.7 Å². The number of hydrogen-bond acceptors (Lipinski definition) is 9. The lowest BCUT2D eigenvalue weighted by Crippen LogP contribution is -2.44. The zero-order valence-electron chi connectivity index (χ0n) is 22.2. The lowest BCUT2D eigenvalue weighted by atomic mass is 10.0. The first-order chi connectivity index (χ1) is 19.4. The third-order valence-electron chi connectivity index (χ3n) is 6.65. The third-order valence-corrected chi connectivity index (χ3v) is 7.75. The number of fused-ring (bicyclic) bond motifs is 1. The lowest BCUT2D eigenvalue weighted by Gasteiger charge is -2.35. The van der Waals surface area contributed by atoms with Gasteiger partial charge in [0.05, 0.1) is 44.4 Å². The molecule has 0 bridgehead atoms. The highest BCUT2D eigenvalue weighted by Gasteiger charge is 2.26. The van der Waals surface area contributed by atoms with Gasteiger partial charge in [0.2, 0.25) is 0 Å². The molecule has 5 rings (SSSR count). The number of rotatable bonds is 9. The van der Waals surface area contributed by atoms with Gasteiger partial charge in [-0.3, -0.25) is 4.39 Å². The highest BCUT2D eigenvalue weighted by atomic mass is 32.2. The minimum Gasteiger partial charge on any atom is -0.593 e. The fourth-order valence-electron chi connectivity index (χ4n) is 4.62. The fraction of sp³-hybridized carbons (Fsp3) is 0.321. The summed E-state index contributed by atoms with van der Waals surface area (Å²) >= 11 is -1.61. The van der Waals surface area contributed by atoms with E-state index in [0.29, 0.717) is 65.0 Å². The Bertz CT molecular complexity index is 1490. The Morgan fingerprint density at radius 3 is 2.80 bits per heavy atom. The van der Waals surface area contributed by atoms with E-state index in [1.54, 1.807) is 30.5 Å². The van der Waals surface area contributed by atoms with E-state index in [2.05, 4.69) is 21.5 Å². The van der Waals surface area contributed by atoms with Crippen LogP contribution >= 0.6 is 0 Å². The number of nitrogens with two attached hydrogens (primary N) is 1. The van der Waals surface area contributed by atoms with Gasteiger partial charge in [-0.2, -0.15) is 0 Å². The molecule has 1 aliphatic heterocycles. The van der Waals surface area contributed by atoms with Crippen LogP contribution in [0.3, 0.4) is 0 Å². The minimum atomic E-state index is -1.61. The molecule has 1 aliphatic rings. The number of nitrogen functional groups attached to an aromatic ring is 1. The smallest absolute Gasteiger partial charge is 0.163 e. The van der Waals surface area contributed by atoms with Crippen molar-refractivity contribution in [3.05, 3.63) is 54.5 Å². The van der Waals surface area contributed by atoms with Crippen molar-refractivity contribution in [2.24, 2.45) is 0 Å². The maximum atomic E-state index is 15.7. The molecule has 0 amide bonds. The summed E-state index contributed by atoms with van der Waals surface area (Å²) in [4.78, 5) is 16.1. The van der Waals surface area contributed by atoms with Crippen LogP contribution < -0.4 is 20.1 Å². The molecule has 2 aromatic heterocycles. The summed E-state index contributed by atoms with van der Waals surface area (Å²) < 4.78 is 54.6. The van der Waals surface area contributed by atoms with E-state index >= 15 is 4.39 Å². The van der Waals surface area contributed by atoms with Crippen molar-refractivity contribution >= 4 is 39.6 Å². The summed E-state index contributed by atoms with van der Waals surface area (Å²) in [6, 6.07) is 11.9. The summed E-state index contributed by atoms with van der Waals surface area (Å²) in [5.41, 5.74) is 7.92. The number of anilines is 3. The maximum Gasteiger partial charge on any atom is 0.163 e. The third kappa shape index (κ3) is 5.74. The fourth-order valence-corrected chi connectivity index (χ4v) is 5.49. The zero-order valence-corrected chi connectivity index (χ0v) is 23.0. The molecule has 4 aromatic rings. The molecule has 2 aromatic carbocycles. The van der Waals surface area contributed by atoms with Crippen LogP contribution in [0, 0.1) is 5.82 Å². The second-order valence-electron chi connectivity index (χ2n) is 9.40. The second kappa shape index (κ2) is 12.2. The van der Waals surface area contributed by atoms with Gasteiger partial charge in [0.1, 0.15) is 34.3 Å². The lowest BCUT2D eigenvalue weighted by molar-refractivity contribution is 0.0987. The monoisotopic (exact) mass is 568 g/mol. The molecule has 12 heteroatoms. The van der Waals surface area contributed by atoms with Crippen LogP contribution in [0.25, 0.3) is 33.4 Å². The predicted molar refractivity (Wildman–Crippen MR) is 154 cm³/mol. The normalized spacial score (nSPS) is 16.2. The molecule has 0 aliphatic carbocycles. The molecule has 210 valence electrons. The SMILES string of the molecule is COc1cc(-c2cccc(N[S+]([O-])CCCF)c2F)cc2c(N3CCOCC3C)nc(-c3ccc(N)nc3)nc12. The first-order valence-corrected chi connectivity index (χ1v) is 14.2. The Hall–Kier alpha value is -3.74. The average molecular weight is 569 g/mol. The predicted octanol–water partition coefficient (Wildman–Crippen LogP) is 4.75. The van der Waals surface area contributed by atoms with Crippen molar-refractivity contribution in [1.82, 2.24) is 15.0 Å². The standard InChI is InChI=1S/C28H30F2N6O3S/c1-17-16-39-11-10-36(17)28-21-13-19(20-5-3-6-22(25(20)30)35-40(37)12-4-9-29)14-23(38-2)26(21)33-27(34-28)18-7-8-24(31)32-15-18/h3,5-8,13-15,17,35H,4,9-12,16H2,1-2H3,(H2,31,32). The topological polar surface area (TPSA) is 121 Å². The summed E-state index contributed by atoms with van der Waals surface area (Å²) in [6.07, 6.45) is 1.75. The molecule has 1 fully saturated rings. The van der Waals surface area contributed by atoms with Crippen molar-refractivity contribution in [1.29, 1.82) is 0 Å². The quantitative estimate of drug-likeness (QED) is 0.276. The van der Waals surface area contributed by atoms with Crippen LogP contribution in [0.4, 0.5) is 26.1 Å². The van der Waals surface area contributed by atoms with Crippen LogP contribution in [0.1, 0.15) is 13.3 Å². The van der Waals surface area contributed by atoms with Gasteiger partial charge in [-0.15, -0.1) is 0 Å². The number of pyridine rings is 1. The summed E-state index contributed by atoms with van der Waals surface area (Å²) in [5.74, 6) is 1.44. The van der Waals surface area contributed by atoms with E-state index in [1.807, 2.05) is 12.1 Å². The van der Waals surface area contributed by atoms with E-state index in [9.17, 15) is 8.94 Å². The van der Waals surface area contributed by atoms with Gasteiger partial charge >= 0.3 is 0 Å². The zero-order chi connectivity index (χ0) is 28.2. The molecule has 3 heterocycles. The Labute approximate surface area is 234 Å². The Kier molecular flexibility index (Phi) is 8.48.